The first-order valence-corrected chi connectivity index (χ1v) is 6.72. The van der Waals surface area contributed by atoms with Gasteiger partial charge in [-0.2, -0.15) is 0 Å². The van der Waals surface area contributed by atoms with Crippen LogP contribution in [0.1, 0.15) is 24.8 Å². The number of hydrogen-bond donors (Lipinski definition) is 0. The van der Waals surface area contributed by atoms with E-state index in [4.69, 9.17) is 4.74 Å². The Bertz CT molecular complexity index is 419. The van der Waals surface area contributed by atoms with E-state index in [0.717, 1.165) is 25.5 Å². The van der Waals surface area contributed by atoms with Gasteiger partial charge in [-0.05, 0) is 24.8 Å². The number of rotatable bonds is 7. The van der Waals surface area contributed by atoms with Crippen LogP contribution in [-0.2, 0) is 16.0 Å². The topological polar surface area (TPSA) is 46.6 Å². The first-order chi connectivity index (χ1) is 9.31. The second-order valence-corrected chi connectivity index (χ2v) is 4.78. The highest BCUT2D eigenvalue weighted by Gasteiger charge is 2.32. The molecule has 0 spiro atoms. The molecule has 0 aliphatic carbocycles. The largest absolute Gasteiger partial charge is 0.447 e. The Hall–Kier alpha value is -1.84. The maximum atomic E-state index is 11.7. The molecule has 0 bridgehead atoms. The lowest BCUT2D eigenvalue weighted by Crippen LogP contribution is -2.35. The maximum Gasteiger partial charge on any atom is 0.410 e. The minimum Gasteiger partial charge on any atom is -0.447 e. The summed E-state index contributed by atoms with van der Waals surface area (Å²) in [5.41, 5.74) is 1.21. The number of carbonyl (C=O) groups excluding carboxylic acids is 2. The van der Waals surface area contributed by atoms with Crippen molar-refractivity contribution in [3.63, 3.8) is 0 Å². The zero-order chi connectivity index (χ0) is 13.5. The quantitative estimate of drug-likeness (QED) is 0.559. The van der Waals surface area contributed by atoms with Crippen molar-refractivity contribution in [2.45, 2.75) is 31.7 Å². The number of carbonyl (C=O) groups is 2. The molecule has 1 aromatic rings. The van der Waals surface area contributed by atoms with Gasteiger partial charge in [0, 0.05) is 13.0 Å². The van der Waals surface area contributed by atoms with Crippen molar-refractivity contribution in [1.82, 2.24) is 4.90 Å². The molecule has 0 saturated carbocycles. The second-order valence-electron chi connectivity index (χ2n) is 4.78. The summed E-state index contributed by atoms with van der Waals surface area (Å²) in [6, 6.07) is 10.2. The number of ether oxygens (including phenoxy) is 1. The van der Waals surface area contributed by atoms with Gasteiger partial charge in [-0.1, -0.05) is 30.3 Å². The van der Waals surface area contributed by atoms with E-state index in [9.17, 15) is 9.59 Å². The Kier molecular flexibility index (Phi) is 4.95. The normalized spacial score (nSPS) is 18.4. The van der Waals surface area contributed by atoms with Crippen molar-refractivity contribution in [3.8, 4) is 0 Å². The minimum atomic E-state index is -0.230. The van der Waals surface area contributed by atoms with E-state index >= 15 is 0 Å². The molecule has 102 valence electrons. The van der Waals surface area contributed by atoms with Gasteiger partial charge in [0.25, 0.3) is 0 Å². The zero-order valence-corrected chi connectivity index (χ0v) is 11.0. The van der Waals surface area contributed by atoms with Crippen molar-refractivity contribution >= 4 is 12.4 Å². The lowest BCUT2D eigenvalue weighted by Gasteiger charge is -2.21. The van der Waals surface area contributed by atoms with Gasteiger partial charge in [0.15, 0.2) is 0 Å². The molecule has 19 heavy (non-hydrogen) atoms. The maximum absolute atomic E-state index is 11.7. The number of benzene rings is 1. The highest BCUT2D eigenvalue weighted by molar-refractivity contribution is 5.70. The van der Waals surface area contributed by atoms with Crippen LogP contribution in [0.4, 0.5) is 4.79 Å². The predicted molar refractivity (Wildman–Crippen MR) is 71.9 cm³/mol. The summed E-state index contributed by atoms with van der Waals surface area (Å²) in [5, 5.41) is 0. The van der Waals surface area contributed by atoms with Crippen molar-refractivity contribution in [2.24, 2.45) is 0 Å². The molecule has 1 aromatic carbocycles. The predicted octanol–water partition coefficient (Wildman–Crippen LogP) is 2.42. The molecule has 4 heteroatoms. The molecule has 1 fully saturated rings. The summed E-state index contributed by atoms with van der Waals surface area (Å²) in [4.78, 5) is 23.7. The van der Waals surface area contributed by atoms with E-state index < -0.39 is 0 Å². The first kappa shape index (κ1) is 13.6. The second kappa shape index (κ2) is 6.92. The Morgan fingerprint density at radius 2 is 2.05 bits per heavy atom. The van der Waals surface area contributed by atoms with E-state index in [1.165, 1.54) is 5.56 Å². The average Bonchev–Trinajstić information content (AvgIpc) is 2.77. The van der Waals surface area contributed by atoms with Gasteiger partial charge in [-0.3, -0.25) is 0 Å². The number of hydrogen-bond acceptors (Lipinski definition) is 3. The molecule has 0 aromatic heterocycles. The van der Waals surface area contributed by atoms with Crippen molar-refractivity contribution in [3.05, 3.63) is 35.9 Å². The summed E-state index contributed by atoms with van der Waals surface area (Å²) in [6.07, 6.45) is 3.74. The summed E-state index contributed by atoms with van der Waals surface area (Å²) < 4.78 is 5.12. The summed E-state index contributed by atoms with van der Waals surface area (Å²) in [6.45, 7) is 1.13. The van der Waals surface area contributed by atoms with Crippen LogP contribution >= 0.6 is 0 Å². The SMILES string of the molecule is O=CCCCCN1C(=O)OCC1Cc1ccccc1. The highest BCUT2D eigenvalue weighted by atomic mass is 16.6. The molecule has 4 nitrogen and oxygen atoms in total. The number of nitrogens with zero attached hydrogens (tertiary/aromatic N) is 1. The van der Waals surface area contributed by atoms with Crippen LogP contribution < -0.4 is 0 Å². The molecule has 1 heterocycles. The lowest BCUT2D eigenvalue weighted by molar-refractivity contribution is -0.107. The third-order valence-corrected chi connectivity index (χ3v) is 3.36. The number of aldehydes is 1. The smallest absolute Gasteiger partial charge is 0.410 e. The fourth-order valence-corrected chi connectivity index (χ4v) is 2.33. The lowest BCUT2D eigenvalue weighted by atomic mass is 10.1. The Labute approximate surface area is 113 Å². The number of unbranched alkanes of at least 4 members (excludes halogenated alkanes) is 2. The fourth-order valence-electron chi connectivity index (χ4n) is 2.33. The molecule has 2 rings (SSSR count). The number of amides is 1. The molecule has 1 unspecified atom stereocenters. The minimum absolute atomic E-state index is 0.117. The van der Waals surface area contributed by atoms with Gasteiger partial charge >= 0.3 is 6.09 Å². The monoisotopic (exact) mass is 261 g/mol. The van der Waals surface area contributed by atoms with Crippen LogP contribution in [-0.4, -0.2) is 36.5 Å². The Balaban J connectivity index is 1.88. The van der Waals surface area contributed by atoms with Crippen LogP contribution in [0.25, 0.3) is 0 Å². The highest BCUT2D eigenvalue weighted by Crippen LogP contribution is 2.17. The molecular weight excluding hydrogens is 242 g/mol. The molecule has 1 saturated heterocycles. The fraction of sp³-hybridized carbons (Fsp3) is 0.467. The molecule has 0 N–H and O–H groups in total. The van der Waals surface area contributed by atoms with Crippen molar-refractivity contribution in [2.75, 3.05) is 13.2 Å². The van der Waals surface area contributed by atoms with Crippen LogP contribution in [0.15, 0.2) is 30.3 Å². The molecule has 1 aliphatic heterocycles. The van der Waals surface area contributed by atoms with E-state index in [0.29, 0.717) is 19.6 Å². The van der Waals surface area contributed by atoms with Crippen molar-refractivity contribution in [1.29, 1.82) is 0 Å². The summed E-state index contributed by atoms with van der Waals surface area (Å²) in [5.74, 6) is 0. The van der Waals surface area contributed by atoms with Gasteiger partial charge in [0.1, 0.15) is 12.9 Å². The first-order valence-electron chi connectivity index (χ1n) is 6.72. The average molecular weight is 261 g/mol. The summed E-state index contributed by atoms with van der Waals surface area (Å²) in [7, 11) is 0. The molecule has 0 radical (unpaired) electrons. The third-order valence-electron chi connectivity index (χ3n) is 3.36. The zero-order valence-electron chi connectivity index (χ0n) is 11.0. The third kappa shape index (κ3) is 3.81. The molecule has 1 aliphatic rings. The van der Waals surface area contributed by atoms with Crippen LogP contribution in [0, 0.1) is 0 Å². The standard InChI is InChI=1S/C15H19NO3/c17-10-6-2-5-9-16-14(12-19-15(16)18)11-13-7-3-1-4-8-13/h1,3-4,7-8,10,14H,2,5-6,9,11-12H2. The van der Waals surface area contributed by atoms with Crippen molar-refractivity contribution < 1.29 is 14.3 Å². The van der Waals surface area contributed by atoms with E-state index in [-0.39, 0.29) is 12.1 Å². The van der Waals surface area contributed by atoms with Gasteiger partial charge < -0.3 is 14.4 Å². The molecular formula is C15H19NO3. The molecule has 1 amide bonds. The Morgan fingerprint density at radius 1 is 1.26 bits per heavy atom. The summed E-state index contributed by atoms with van der Waals surface area (Å²) >= 11 is 0. The van der Waals surface area contributed by atoms with Gasteiger partial charge in [-0.25, -0.2) is 4.79 Å². The molecule has 1 atom stereocenters. The van der Waals surface area contributed by atoms with Crippen LogP contribution in [0.3, 0.4) is 0 Å². The Morgan fingerprint density at radius 3 is 2.79 bits per heavy atom. The van der Waals surface area contributed by atoms with E-state index in [1.807, 2.05) is 18.2 Å². The van der Waals surface area contributed by atoms with E-state index in [1.54, 1.807) is 4.90 Å². The van der Waals surface area contributed by atoms with Crippen LogP contribution in [0.5, 0.6) is 0 Å². The van der Waals surface area contributed by atoms with Crippen LogP contribution in [0.2, 0.25) is 0 Å². The number of cyclic esters (lactones) is 1. The van der Waals surface area contributed by atoms with Gasteiger partial charge in [0.05, 0.1) is 6.04 Å². The van der Waals surface area contributed by atoms with Gasteiger partial charge in [-0.15, -0.1) is 0 Å². The van der Waals surface area contributed by atoms with E-state index in [2.05, 4.69) is 12.1 Å². The van der Waals surface area contributed by atoms with Gasteiger partial charge in [0.2, 0.25) is 0 Å².